The fourth-order valence-electron chi connectivity index (χ4n) is 1.77. The van der Waals surface area contributed by atoms with Crippen LogP contribution in [-0.2, 0) is 0 Å². The molecule has 0 radical (unpaired) electrons. The molecule has 0 aliphatic heterocycles. The summed E-state index contributed by atoms with van der Waals surface area (Å²) in [7, 11) is 0. The highest BCUT2D eigenvalue weighted by molar-refractivity contribution is 5.41. The molecule has 0 fully saturated rings. The van der Waals surface area contributed by atoms with Crippen LogP contribution in [0.2, 0.25) is 0 Å². The zero-order valence-corrected chi connectivity index (χ0v) is 10.6. The van der Waals surface area contributed by atoms with Crippen LogP contribution in [0.1, 0.15) is 45.2 Å². The predicted molar refractivity (Wildman–Crippen MR) is 69.6 cm³/mol. The van der Waals surface area contributed by atoms with E-state index >= 15 is 0 Å². The Labute approximate surface area is 98.7 Å². The second-order valence-electron chi connectivity index (χ2n) is 4.22. The van der Waals surface area contributed by atoms with Crippen LogP contribution in [0.25, 0.3) is 0 Å². The first-order valence-electron chi connectivity index (χ1n) is 6.15. The first-order chi connectivity index (χ1) is 7.69. The molecule has 0 saturated carbocycles. The molecular formula is C13H23N3. The van der Waals surface area contributed by atoms with Crippen molar-refractivity contribution in [2.75, 3.05) is 18.0 Å². The van der Waals surface area contributed by atoms with E-state index in [1.807, 2.05) is 19.2 Å². The van der Waals surface area contributed by atoms with E-state index in [1.54, 1.807) is 0 Å². The summed E-state index contributed by atoms with van der Waals surface area (Å²) in [5.41, 5.74) is 7.04. The molecule has 0 saturated heterocycles. The third-order valence-corrected chi connectivity index (χ3v) is 2.61. The van der Waals surface area contributed by atoms with Crippen LogP contribution in [0.5, 0.6) is 0 Å². The summed E-state index contributed by atoms with van der Waals surface area (Å²) in [5, 5.41) is 0. The fourth-order valence-corrected chi connectivity index (χ4v) is 1.77. The lowest BCUT2D eigenvalue weighted by molar-refractivity contribution is 0.730. The Balaban J connectivity index is 2.86. The number of nitrogens with zero attached hydrogens (tertiary/aromatic N) is 2. The lowest BCUT2D eigenvalue weighted by atomic mass is 10.1. The Bertz CT molecular complexity index is 304. The molecule has 1 atom stereocenters. The summed E-state index contributed by atoms with van der Waals surface area (Å²) < 4.78 is 0. The SMILES string of the molecule is CCCN(CCC)c1cc([C@H](C)N)ccn1. The maximum absolute atomic E-state index is 5.88. The average molecular weight is 221 g/mol. The van der Waals surface area contributed by atoms with Crippen LogP contribution in [0, 0.1) is 0 Å². The van der Waals surface area contributed by atoms with Crippen molar-refractivity contribution in [3.05, 3.63) is 23.9 Å². The number of anilines is 1. The van der Waals surface area contributed by atoms with Gasteiger partial charge in [0.1, 0.15) is 5.82 Å². The quantitative estimate of drug-likeness (QED) is 0.803. The van der Waals surface area contributed by atoms with Gasteiger partial charge in [-0.1, -0.05) is 13.8 Å². The molecule has 0 aliphatic carbocycles. The smallest absolute Gasteiger partial charge is 0.128 e. The third kappa shape index (κ3) is 3.49. The summed E-state index contributed by atoms with van der Waals surface area (Å²) in [4.78, 5) is 6.76. The van der Waals surface area contributed by atoms with E-state index in [9.17, 15) is 0 Å². The molecule has 0 aliphatic rings. The van der Waals surface area contributed by atoms with Crippen molar-refractivity contribution < 1.29 is 0 Å². The van der Waals surface area contributed by atoms with Gasteiger partial charge in [0.25, 0.3) is 0 Å². The molecule has 0 amide bonds. The monoisotopic (exact) mass is 221 g/mol. The summed E-state index contributed by atoms with van der Waals surface area (Å²) in [6.07, 6.45) is 4.14. The molecular weight excluding hydrogens is 198 g/mol. The average Bonchev–Trinajstić information content (AvgIpc) is 2.29. The van der Waals surface area contributed by atoms with Gasteiger partial charge in [-0.25, -0.2) is 4.98 Å². The molecule has 0 spiro atoms. The molecule has 1 aromatic heterocycles. The molecule has 0 aromatic carbocycles. The van der Waals surface area contributed by atoms with Crippen molar-refractivity contribution in [2.24, 2.45) is 5.73 Å². The number of nitrogens with two attached hydrogens (primary N) is 1. The van der Waals surface area contributed by atoms with Crippen LogP contribution in [-0.4, -0.2) is 18.1 Å². The Hall–Kier alpha value is -1.09. The highest BCUT2D eigenvalue weighted by Gasteiger charge is 2.07. The molecule has 0 bridgehead atoms. The molecule has 1 rings (SSSR count). The van der Waals surface area contributed by atoms with Gasteiger partial charge < -0.3 is 10.6 Å². The minimum absolute atomic E-state index is 0.0758. The van der Waals surface area contributed by atoms with Crippen LogP contribution in [0.15, 0.2) is 18.3 Å². The number of hydrogen-bond donors (Lipinski definition) is 1. The zero-order chi connectivity index (χ0) is 12.0. The normalized spacial score (nSPS) is 12.5. The molecule has 90 valence electrons. The van der Waals surface area contributed by atoms with Crippen molar-refractivity contribution >= 4 is 5.82 Å². The number of rotatable bonds is 6. The van der Waals surface area contributed by atoms with Gasteiger partial charge in [0.05, 0.1) is 0 Å². The molecule has 0 unspecified atom stereocenters. The predicted octanol–water partition coefficient (Wildman–Crippen LogP) is 2.73. The maximum Gasteiger partial charge on any atom is 0.128 e. The Kier molecular flexibility index (Phi) is 5.26. The summed E-state index contributed by atoms with van der Waals surface area (Å²) >= 11 is 0. The molecule has 2 N–H and O–H groups in total. The first-order valence-corrected chi connectivity index (χ1v) is 6.15. The van der Waals surface area contributed by atoms with E-state index < -0.39 is 0 Å². The highest BCUT2D eigenvalue weighted by Crippen LogP contribution is 2.17. The Morgan fingerprint density at radius 3 is 2.44 bits per heavy atom. The molecule has 1 aromatic rings. The van der Waals surface area contributed by atoms with Gasteiger partial charge in [-0.15, -0.1) is 0 Å². The van der Waals surface area contributed by atoms with Crippen LogP contribution >= 0.6 is 0 Å². The van der Waals surface area contributed by atoms with E-state index in [0.717, 1.165) is 37.3 Å². The molecule has 16 heavy (non-hydrogen) atoms. The van der Waals surface area contributed by atoms with Gasteiger partial charge >= 0.3 is 0 Å². The highest BCUT2D eigenvalue weighted by atomic mass is 15.2. The van der Waals surface area contributed by atoms with E-state index in [0.29, 0.717) is 0 Å². The van der Waals surface area contributed by atoms with E-state index in [1.165, 1.54) is 0 Å². The number of aromatic nitrogens is 1. The van der Waals surface area contributed by atoms with Gasteiger partial charge in [-0.05, 0) is 37.5 Å². The topological polar surface area (TPSA) is 42.1 Å². The van der Waals surface area contributed by atoms with Gasteiger partial charge in [0.15, 0.2) is 0 Å². The minimum Gasteiger partial charge on any atom is -0.357 e. The van der Waals surface area contributed by atoms with Crippen molar-refractivity contribution in [3.8, 4) is 0 Å². The Morgan fingerprint density at radius 2 is 1.94 bits per heavy atom. The fraction of sp³-hybridized carbons (Fsp3) is 0.615. The lowest BCUT2D eigenvalue weighted by Gasteiger charge is -2.23. The van der Waals surface area contributed by atoms with E-state index in [4.69, 9.17) is 5.73 Å². The van der Waals surface area contributed by atoms with E-state index in [-0.39, 0.29) is 6.04 Å². The van der Waals surface area contributed by atoms with Gasteiger partial charge in [-0.3, -0.25) is 0 Å². The number of hydrogen-bond acceptors (Lipinski definition) is 3. The van der Waals surface area contributed by atoms with Crippen molar-refractivity contribution in [3.63, 3.8) is 0 Å². The second kappa shape index (κ2) is 6.48. The van der Waals surface area contributed by atoms with Crippen molar-refractivity contribution in [1.82, 2.24) is 4.98 Å². The van der Waals surface area contributed by atoms with Crippen LogP contribution in [0.4, 0.5) is 5.82 Å². The summed E-state index contributed by atoms with van der Waals surface area (Å²) in [5.74, 6) is 1.05. The van der Waals surface area contributed by atoms with Crippen LogP contribution < -0.4 is 10.6 Å². The van der Waals surface area contributed by atoms with Gasteiger partial charge in [0.2, 0.25) is 0 Å². The molecule has 3 nitrogen and oxygen atoms in total. The maximum atomic E-state index is 5.88. The summed E-state index contributed by atoms with van der Waals surface area (Å²) in [6, 6.07) is 4.17. The minimum atomic E-state index is 0.0758. The number of pyridine rings is 1. The van der Waals surface area contributed by atoms with Gasteiger partial charge in [-0.2, -0.15) is 0 Å². The molecule has 1 heterocycles. The van der Waals surface area contributed by atoms with Crippen LogP contribution in [0.3, 0.4) is 0 Å². The Morgan fingerprint density at radius 1 is 1.31 bits per heavy atom. The largest absolute Gasteiger partial charge is 0.357 e. The summed E-state index contributed by atoms with van der Waals surface area (Å²) in [6.45, 7) is 8.51. The third-order valence-electron chi connectivity index (χ3n) is 2.61. The first kappa shape index (κ1) is 13.0. The van der Waals surface area contributed by atoms with Crippen molar-refractivity contribution in [1.29, 1.82) is 0 Å². The molecule has 3 heteroatoms. The standard InChI is InChI=1S/C13H23N3/c1-4-8-16(9-5-2)13-10-12(11(3)14)6-7-15-13/h6-7,10-11H,4-5,8-9,14H2,1-3H3/t11-/m0/s1. The van der Waals surface area contributed by atoms with Crippen molar-refractivity contribution in [2.45, 2.75) is 39.7 Å². The second-order valence-corrected chi connectivity index (χ2v) is 4.22. The van der Waals surface area contributed by atoms with Gasteiger partial charge in [0, 0.05) is 25.3 Å². The van der Waals surface area contributed by atoms with E-state index in [2.05, 4.69) is 29.8 Å². The lowest BCUT2D eigenvalue weighted by Crippen LogP contribution is -2.26. The zero-order valence-electron chi connectivity index (χ0n) is 10.6.